The van der Waals surface area contributed by atoms with E-state index in [1.54, 1.807) is 0 Å². The summed E-state index contributed by atoms with van der Waals surface area (Å²) in [6.07, 6.45) is 2.26. The van der Waals surface area contributed by atoms with Crippen molar-refractivity contribution in [2.75, 3.05) is 5.75 Å². The summed E-state index contributed by atoms with van der Waals surface area (Å²) in [5.74, 6) is 0.289. The fourth-order valence-corrected chi connectivity index (χ4v) is 1.85. The molecule has 3 heteroatoms. The first kappa shape index (κ1) is 10.9. The second-order valence-electron chi connectivity index (χ2n) is 2.80. The predicted molar refractivity (Wildman–Crippen MR) is 60.4 cm³/mol. The number of thioether (sulfide) groups is 1. The van der Waals surface area contributed by atoms with E-state index in [9.17, 15) is 0 Å². The largest absolute Gasteiger partial charge is 0.481 e. The molecular formula is C11H12O2S. The number of carbonyl (C=O) groups is 1. The zero-order chi connectivity index (χ0) is 10.4. The summed E-state index contributed by atoms with van der Waals surface area (Å²) in [4.78, 5) is 9.00. The van der Waals surface area contributed by atoms with E-state index in [2.05, 4.69) is 35.7 Å². The van der Waals surface area contributed by atoms with Gasteiger partial charge in [0.05, 0.1) is 0 Å². The van der Waals surface area contributed by atoms with E-state index in [1.165, 1.54) is 10.4 Å². The predicted octanol–water partition coefficient (Wildman–Crippen LogP) is 1.04. The van der Waals surface area contributed by atoms with Crippen molar-refractivity contribution < 1.29 is 9.90 Å². The van der Waals surface area contributed by atoms with Gasteiger partial charge in [0.1, 0.15) is 0 Å². The molecule has 0 aliphatic carbocycles. The Morgan fingerprint density at radius 1 is 1.36 bits per heavy atom. The quantitative estimate of drug-likeness (QED) is 0.692. The van der Waals surface area contributed by atoms with Crippen molar-refractivity contribution in [2.24, 2.45) is 0 Å². The van der Waals surface area contributed by atoms with Crippen LogP contribution in [0.3, 0.4) is 0 Å². The Morgan fingerprint density at radius 2 is 1.93 bits per heavy atom. The highest BCUT2D eigenvalue weighted by atomic mass is 32.2. The first-order valence-corrected chi connectivity index (χ1v) is 5.31. The molecule has 0 bridgehead atoms. The summed E-state index contributed by atoms with van der Waals surface area (Å²) >= 11 is 1.86. The third kappa shape index (κ3) is 3.66. The summed E-state index contributed by atoms with van der Waals surface area (Å²) in [7, 11) is 0. The van der Waals surface area contributed by atoms with Gasteiger partial charge in [0.25, 0.3) is 5.97 Å². The van der Waals surface area contributed by atoms with E-state index in [0.29, 0.717) is 0 Å². The van der Waals surface area contributed by atoms with E-state index in [4.69, 9.17) is 9.90 Å². The molecule has 0 fully saturated rings. The lowest BCUT2D eigenvalue weighted by Gasteiger charge is -1.96. The topological polar surface area (TPSA) is 37.3 Å². The van der Waals surface area contributed by atoms with Gasteiger partial charge in [-0.05, 0) is 15.8 Å². The molecule has 1 aliphatic heterocycles. The molecule has 0 spiro atoms. The molecule has 1 N–H and O–H groups in total. The standard InChI is InChI=1S/C9H8S.C2H4O2/c1-2-4-9-7-10-6-5-8(9)3-1;1-2(3)4/h1-5,7H,6H2;1H3,(H,3,4). The van der Waals surface area contributed by atoms with E-state index in [-0.39, 0.29) is 0 Å². The normalized spacial score (nSPS) is 12.4. The van der Waals surface area contributed by atoms with Gasteiger partial charge < -0.3 is 5.11 Å². The van der Waals surface area contributed by atoms with Gasteiger partial charge in [-0.25, -0.2) is 0 Å². The molecule has 1 aliphatic rings. The smallest absolute Gasteiger partial charge is 0.300 e. The van der Waals surface area contributed by atoms with Crippen molar-refractivity contribution in [3.8, 4) is 0 Å². The maximum atomic E-state index is 9.00. The van der Waals surface area contributed by atoms with Crippen molar-refractivity contribution in [3.63, 3.8) is 0 Å². The highest BCUT2D eigenvalue weighted by Crippen LogP contribution is 2.02. The summed E-state index contributed by atoms with van der Waals surface area (Å²) in [5.41, 5.74) is 0. The highest BCUT2D eigenvalue weighted by Gasteiger charge is 1.89. The van der Waals surface area contributed by atoms with Crippen LogP contribution in [0.4, 0.5) is 0 Å². The Balaban J connectivity index is 0.000000213. The lowest BCUT2D eigenvalue weighted by Crippen LogP contribution is -2.25. The molecule has 0 unspecified atom stereocenters. The molecule has 1 aromatic carbocycles. The van der Waals surface area contributed by atoms with E-state index in [0.717, 1.165) is 12.7 Å². The molecule has 0 aromatic heterocycles. The Kier molecular flexibility index (Phi) is 4.26. The molecule has 14 heavy (non-hydrogen) atoms. The zero-order valence-corrected chi connectivity index (χ0v) is 8.75. The number of aliphatic carboxylic acids is 1. The van der Waals surface area contributed by atoms with E-state index >= 15 is 0 Å². The molecule has 0 radical (unpaired) electrons. The Bertz CT molecular complexity index is 384. The maximum absolute atomic E-state index is 9.00. The third-order valence-electron chi connectivity index (χ3n) is 1.61. The molecule has 2 rings (SSSR count). The van der Waals surface area contributed by atoms with Gasteiger partial charge >= 0.3 is 0 Å². The minimum Gasteiger partial charge on any atom is -0.481 e. The minimum absolute atomic E-state index is 0.833. The zero-order valence-electron chi connectivity index (χ0n) is 7.93. The van der Waals surface area contributed by atoms with Crippen molar-refractivity contribution in [2.45, 2.75) is 6.92 Å². The monoisotopic (exact) mass is 208 g/mol. The second-order valence-corrected chi connectivity index (χ2v) is 3.71. The lowest BCUT2D eigenvalue weighted by molar-refractivity contribution is -0.134. The van der Waals surface area contributed by atoms with Crippen LogP contribution >= 0.6 is 11.8 Å². The van der Waals surface area contributed by atoms with Crippen molar-refractivity contribution >= 4 is 29.2 Å². The van der Waals surface area contributed by atoms with Crippen LogP contribution in [0.5, 0.6) is 0 Å². The van der Waals surface area contributed by atoms with Crippen LogP contribution in [-0.2, 0) is 4.79 Å². The molecule has 0 saturated carbocycles. The van der Waals surface area contributed by atoms with Gasteiger partial charge in [0.15, 0.2) is 0 Å². The van der Waals surface area contributed by atoms with Gasteiger partial charge in [-0.15, -0.1) is 11.8 Å². The third-order valence-corrected chi connectivity index (χ3v) is 2.39. The molecule has 74 valence electrons. The average molecular weight is 208 g/mol. The average Bonchev–Trinajstić information content (AvgIpc) is 2.17. The first-order valence-electron chi connectivity index (χ1n) is 4.27. The van der Waals surface area contributed by atoms with Gasteiger partial charge in [0.2, 0.25) is 0 Å². The highest BCUT2D eigenvalue weighted by molar-refractivity contribution is 8.06. The summed E-state index contributed by atoms with van der Waals surface area (Å²) in [5, 5.41) is 12.4. The molecule has 0 saturated heterocycles. The molecule has 1 aromatic rings. The van der Waals surface area contributed by atoms with Crippen molar-refractivity contribution in [3.05, 3.63) is 34.7 Å². The van der Waals surface area contributed by atoms with Crippen LogP contribution in [-0.4, -0.2) is 16.8 Å². The number of hydrogen-bond donors (Lipinski definition) is 1. The van der Waals surface area contributed by atoms with Crippen LogP contribution in [0.15, 0.2) is 24.3 Å². The lowest BCUT2D eigenvalue weighted by atomic mass is 10.2. The first-order chi connectivity index (χ1) is 6.70. The number of hydrogen-bond acceptors (Lipinski definition) is 2. The SMILES string of the molecule is C1=c2ccccc2=CSC1.CC(=O)O. The second kappa shape index (κ2) is 5.50. The number of carboxylic acid groups (broad SMARTS) is 1. The van der Waals surface area contributed by atoms with Gasteiger partial charge in [0, 0.05) is 12.7 Å². The van der Waals surface area contributed by atoms with Crippen LogP contribution in [0.1, 0.15) is 6.92 Å². The van der Waals surface area contributed by atoms with Crippen molar-refractivity contribution in [1.82, 2.24) is 0 Å². The fraction of sp³-hybridized carbons (Fsp3) is 0.182. The van der Waals surface area contributed by atoms with Crippen molar-refractivity contribution in [1.29, 1.82) is 0 Å². The van der Waals surface area contributed by atoms with Crippen LogP contribution in [0.2, 0.25) is 0 Å². The van der Waals surface area contributed by atoms with Gasteiger partial charge in [-0.1, -0.05) is 30.3 Å². The summed E-state index contributed by atoms with van der Waals surface area (Å²) in [6, 6.07) is 8.47. The molecule has 1 heterocycles. The Labute approximate surface area is 87.0 Å². The van der Waals surface area contributed by atoms with E-state index < -0.39 is 5.97 Å². The Morgan fingerprint density at radius 3 is 2.50 bits per heavy atom. The van der Waals surface area contributed by atoms with E-state index in [1.807, 2.05) is 11.8 Å². The minimum atomic E-state index is -0.833. The fourth-order valence-electron chi connectivity index (χ4n) is 1.08. The summed E-state index contributed by atoms with van der Waals surface area (Å²) in [6.45, 7) is 1.08. The number of benzene rings is 1. The maximum Gasteiger partial charge on any atom is 0.300 e. The number of carboxylic acids is 1. The molecular weight excluding hydrogens is 196 g/mol. The van der Waals surface area contributed by atoms with Crippen LogP contribution in [0, 0.1) is 0 Å². The van der Waals surface area contributed by atoms with Crippen LogP contribution in [0.25, 0.3) is 11.5 Å². The Hall–Kier alpha value is -1.22. The molecule has 0 amide bonds. The van der Waals surface area contributed by atoms with Gasteiger partial charge in [-0.2, -0.15) is 0 Å². The molecule has 0 atom stereocenters. The summed E-state index contributed by atoms with van der Waals surface area (Å²) < 4.78 is 0. The number of rotatable bonds is 0. The van der Waals surface area contributed by atoms with Gasteiger partial charge in [-0.3, -0.25) is 4.79 Å². The molecule has 2 nitrogen and oxygen atoms in total. The number of fused-ring (bicyclic) bond motifs is 1. The van der Waals surface area contributed by atoms with Crippen LogP contribution < -0.4 is 10.4 Å².